The van der Waals surface area contributed by atoms with Crippen LogP contribution in [0.5, 0.6) is 0 Å². The molecule has 2 aliphatic rings. The van der Waals surface area contributed by atoms with E-state index < -0.39 is 39.4 Å². The molecule has 0 bridgehead atoms. The highest BCUT2D eigenvalue weighted by atomic mass is 32.2. The number of piperazine rings is 1. The fraction of sp³-hybridized carbons (Fsp3) is 0.364. The summed E-state index contributed by atoms with van der Waals surface area (Å²) >= 11 is 0. The van der Waals surface area contributed by atoms with Crippen molar-refractivity contribution in [2.75, 3.05) is 50.0 Å². The maximum atomic E-state index is 14.0. The molecule has 2 amide bonds. The summed E-state index contributed by atoms with van der Waals surface area (Å²) in [5.41, 5.74) is 0.311. The van der Waals surface area contributed by atoms with Crippen molar-refractivity contribution in [3.63, 3.8) is 0 Å². The van der Waals surface area contributed by atoms with Gasteiger partial charge in [-0.2, -0.15) is 4.31 Å². The monoisotopic (exact) mass is 478 g/mol. The van der Waals surface area contributed by atoms with Gasteiger partial charge in [0, 0.05) is 50.9 Å². The molecule has 2 aliphatic heterocycles. The summed E-state index contributed by atoms with van der Waals surface area (Å²) in [6.07, 6.45) is -0.113. The van der Waals surface area contributed by atoms with Crippen LogP contribution >= 0.6 is 0 Å². The fourth-order valence-electron chi connectivity index (χ4n) is 3.95. The van der Waals surface area contributed by atoms with Gasteiger partial charge in [0.1, 0.15) is 11.6 Å². The molecular weight excluding hydrogens is 454 g/mol. The van der Waals surface area contributed by atoms with Crippen LogP contribution in [0.4, 0.5) is 20.2 Å². The minimum atomic E-state index is -3.62. The van der Waals surface area contributed by atoms with Crippen LogP contribution in [0.25, 0.3) is 0 Å². The van der Waals surface area contributed by atoms with Crippen LogP contribution in [0.3, 0.4) is 0 Å². The lowest BCUT2D eigenvalue weighted by Crippen LogP contribution is -2.46. The number of benzene rings is 2. The number of nitrogens with one attached hydrogen (secondary N) is 1. The Morgan fingerprint density at radius 2 is 1.70 bits per heavy atom. The van der Waals surface area contributed by atoms with Crippen molar-refractivity contribution in [3.8, 4) is 0 Å². The first-order valence-electron chi connectivity index (χ1n) is 10.5. The number of likely N-dealkylation sites (N-methyl/N-ethyl adjacent to an activating group) is 1. The highest BCUT2D eigenvalue weighted by Gasteiger charge is 2.36. The first-order valence-corrected chi connectivity index (χ1v) is 11.9. The zero-order valence-electron chi connectivity index (χ0n) is 18.0. The molecule has 0 spiro atoms. The number of sulfonamides is 1. The summed E-state index contributed by atoms with van der Waals surface area (Å²) < 4.78 is 54.3. The van der Waals surface area contributed by atoms with Gasteiger partial charge in [0.2, 0.25) is 21.8 Å². The Morgan fingerprint density at radius 1 is 1.03 bits per heavy atom. The summed E-state index contributed by atoms with van der Waals surface area (Å²) in [6.45, 7) is 2.11. The largest absolute Gasteiger partial charge is 0.326 e. The number of nitrogens with zero attached hydrogens (tertiary/aromatic N) is 3. The van der Waals surface area contributed by atoms with Gasteiger partial charge < -0.3 is 15.1 Å². The molecule has 1 unspecified atom stereocenters. The minimum Gasteiger partial charge on any atom is -0.326 e. The SMILES string of the molecule is CN1CCN(S(=O)(=O)c2ccc(NC(=O)C3CC(=O)N(c4ccc(F)cc4F)C3)cc2)CC1. The van der Waals surface area contributed by atoms with Crippen molar-refractivity contribution in [2.45, 2.75) is 11.3 Å². The lowest BCUT2D eigenvalue weighted by molar-refractivity contribution is -0.122. The second-order valence-corrected chi connectivity index (χ2v) is 10.2. The maximum Gasteiger partial charge on any atom is 0.243 e. The van der Waals surface area contributed by atoms with Crippen LogP contribution in [-0.2, 0) is 19.6 Å². The quantitative estimate of drug-likeness (QED) is 0.709. The van der Waals surface area contributed by atoms with Gasteiger partial charge in [0.05, 0.1) is 16.5 Å². The smallest absolute Gasteiger partial charge is 0.243 e. The molecule has 0 radical (unpaired) electrons. The fourth-order valence-corrected chi connectivity index (χ4v) is 5.37. The van der Waals surface area contributed by atoms with Crippen molar-refractivity contribution in [1.29, 1.82) is 0 Å². The summed E-state index contributed by atoms with van der Waals surface area (Å²) in [5.74, 6) is -3.23. The minimum absolute atomic E-state index is 0.0386. The van der Waals surface area contributed by atoms with E-state index in [4.69, 9.17) is 0 Å². The third-order valence-electron chi connectivity index (χ3n) is 5.92. The average molecular weight is 479 g/mol. The lowest BCUT2D eigenvalue weighted by Gasteiger charge is -2.31. The number of rotatable bonds is 5. The molecule has 2 aromatic carbocycles. The first-order chi connectivity index (χ1) is 15.6. The molecule has 2 fully saturated rings. The number of anilines is 2. The van der Waals surface area contributed by atoms with E-state index in [-0.39, 0.29) is 23.5 Å². The Bertz CT molecular complexity index is 1170. The molecule has 0 aliphatic carbocycles. The Kier molecular flexibility index (Phi) is 6.46. The van der Waals surface area contributed by atoms with E-state index in [9.17, 15) is 26.8 Å². The van der Waals surface area contributed by atoms with Gasteiger partial charge in [-0.1, -0.05) is 0 Å². The third-order valence-corrected chi connectivity index (χ3v) is 7.83. The molecule has 2 saturated heterocycles. The first kappa shape index (κ1) is 23.3. The van der Waals surface area contributed by atoms with E-state index in [1.165, 1.54) is 34.6 Å². The maximum absolute atomic E-state index is 14.0. The molecule has 4 rings (SSSR count). The van der Waals surface area contributed by atoms with Crippen LogP contribution in [0.15, 0.2) is 47.4 Å². The second-order valence-electron chi connectivity index (χ2n) is 8.22. The van der Waals surface area contributed by atoms with Gasteiger partial charge in [0.25, 0.3) is 0 Å². The highest BCUT2D eigenvalue weighted by Crippen LogP contribution is 2.29. The van der Waals surface area contributed by atoms with Crippen LogP contribution < -0.4 is 10.2 Å². The van der Waals surface area contributed by atoms with Gasteiger partial charge in [-0.15, -0.1) is 0 Å². The molecule has 0 aromatic heterocycles. The zero-order chi connectivity index (χ0) is 23.8. The molecular formula is C22H24F2N4O4S. The lowest BCUT2D eigenvalue weighted by atomic mass is 10.1. The van der Waals surface area contributed by atoms with Crippen LogP contribution in [0, 0.1) is 17.6 Å². The van der Waals surface area contributed by atoms with Gasteiger partial charge in [-0.3, -0.25) is 9.59 Å². The molecule has 2 heterocycles. The predicted molar refractivity (Wildman–Crippen MR) is 118 cm³/mol. The van der Waals surface area contributed by atoms with Crippen LogP contribution in [0.2, 0.25) is 0 Å². The number of carbonyl (C=O) groups is 2. The summed E-state index contributed by atoms with van der Waals surface area (Å²) in [5, 5.41) is 2.68. The molecule has 1 N–H and O–H groups in total. The van der Waals surface area contributed by atoms with Gasteiger partial charge >= 0.3 is 0 Å². The number of halogens is 2. The van der Waals surface area contributed by atoms with Crippen molar-refractivity contribution in [3.05, 3.63) is 54.1 Å². The number of carbonyl (C=O) groups excluding carboxylic acids is 2. The van der Waals surface area contributed by atoms with Crippen molar-refractivity contribution < 1.29 is 26.8 Å². The second kappa shape index (κ2) is 9.16. The number of hydrogen-bond donors (Lipinski definition) is 1. The number of amides is 2. The summed E-state index contributed by atoms with van der Waals surface area (Å²) in [7, 11) is -1.68. The molecule has 11 heteroatoms. The Balaban J connectivity index is 1.40. The normalized spacial score (nSPS) is 20.3. The molecule has 2 aromatic rings. The molecule has 33 heavy (non-hydrogen) atoms. The van der Waals surface area contributed by atoms with Crippen molar-refractivity contribution >= 4 is 33.2 Å². The zero-order valence-corrected chi connectivity index (χ0v) is 18.8. The molecule has 176 valence electrons. The summed E-state index contributed by atoms with van der Waals surface area (Å²) in [6, 6.07) is 8.77. The molecule has 1 atom stereocenters. The van der Waals surface area contributed by atoms with Crippen LogP contribution in [0.1, 0.15) is 6.42 Å². The summed E-state index contributed by atoms with van der Waals surface area (Å²) in [4.78, 5) is 28.3. The van der Waals surface area contributed by atoms with Gasteiger partial charge in [-0.25, -0.2) is 17.2 Å². The molecule has 8 nitrogen and oxygen atoms in total. The van der Waals surface area contributed by atoms with E-state index in [1.807, 2.05) is 7.05 Å². The Hall–Kier alpha value is -2.89. The standard InChI is InChI=1S/C22H24F2N4O4S/c1-26-8-10-27(11-9-26)33(31,32)18-5-3-17(4-6-18)25-22(30)15-12-21(29)28(14-15)20-7-2-16(23)13-19(20)24/h2-7,13,15H,8-12,14H2,1H3,(H,25,30). The van der Waals surface area contributed by atoms with E-state index in [1.54, 1.807) is 0 Å². The van der Waals surface area contributed by atoms with Gasteiger partial charge in [-0.05, 0) is 43.4 Å². The van der Waals surface area contributed by atoms with E-state index in [2.05, 4.69) is 10.2 Å². The number of hydrogen-bond acceptors (Lipinski definition) is 5. The Morgan fingerprint density at radius 3 is 2.33 bits per heavy atom. The van der Waals surface area contributed by atoms with Crippen molar-refractivity contribution in [2.24, 2.45) is 5.92 Å². The topological polar surface area (TPSA) is 90.0 Å². The van der Waals surface area contributed by atoms with Crippen molar-refractivity contribution in [1.82, 2.24) is 9.21 Å². The van der Waals surface area contributed by atoms with E-state index in [0.717, 1.165) is 11.0 Å². The van der Waals surface area contributed by atoms with Crippen LogP contribution in [-0.4, -0.2) is 69.2 Å². The molecule has 0 saturated carbocycles. The predicted octanol–water partition coefficient (Wildman–Crippen LogP) is 1.89. The average Bonchev–Trinajstić information content (AvgIpc) is 3.16. The third kappa shape index (κ3) is 4.90. The van der Waals surface area contributed by atoms with E-state index in [0.29, 0.717) is 37.9 Å². The Labute approximate surface area is 190 Å². The van der Waals surface area contributed by atoms with E-state index >= 15 is 0 Å². The van der Waals surface area contributed by atoms with Gasteiger partial charge in [0.15, 0.2) is 0 Å². The highest BCUT2D eigenvalue weighted by molar-refractivity contribution is 7.89.